The first-order valence-electron chi connectivity index (χ1n) is 5.60. The topological polar surface area (TPSA) is 18.5 Å². The second-order valence-corrected chi connectivity index (χ2v) is 6.03. The van der Waals surface area contributed by atoms with E-state index < -0.39 is 0 Å². The summed E-state index contributed by atoms with van der Waals surface area (Å²) < 4.78 is 0.863. The summed E-state index contributed by atoms with van der Waals surface area (Å²) >= 11 is 7.59. The van der Waals surface area contributed by atoms with Crippen LogP contribution in [-0.2, 0) is 0 Å². The Balaban J connectivity index is 1.85. The maximum Gasteiger partial charge on any atom is 0.0931 e. The summed E-state index contributed by atoms with van der Waals surface area (Å²) in [6.45, 7) is 6.61. The van der Waals surface area contributed by atoms with Crippen molar-refractivity contribution in [2.24, 2.45) is 0 Å². The maximum absolute atomic E-state index is 5.94. The molecule has 5 heteroatoms. The van der Waals surface area contributed by atoms with Gasteiger partial charge in [0.25, 0.3) is 0 Å². The molecule has 2 heterocycles. The fourth-order valence-electron chi connectivity index (χ4n) is 1.83. The Bertz CT molecular complexity index is 334. The molecule has 0 aromatic carbocycles. The van der Waals surface area contributed by atoms with Crippen LogP contribution >= 0.6 is 22.9 Å². The van der Waals surface area contributed by atoms with Gasteiger partial charge < -0.3 is 4.90 Å². The normalized spacial score (nSPS) is 21.2. The largest absolute Gasteiger partial charge is 0.304 e. The second kappa shape index (κ2) is 5.47. The predicted octanol–water partition coefficient (Wildman–Crippen LogP) is 2.21. The number of likely N-dealkylation sites (N-methyl/N-ethyl adjacent to an activating group) is 1. The highest BCUT2D eigenvalue weighted by Crippen LogP contribution is 2.26. The summed E-state index contributed by atoms with van der Waals surface area (Å²) in [5.74, 6) is 0. The van der Waals surface area contributed by atoms with E-state index in [0.29, 0.717) is 6.04 Å². The second-order valence-electron chi connectivity index (χ2n) is 4.28. The Kier molecular flexibility index (Phi) is 4.21. The first-order valence-corrected chi connectivity index (χ1v) is 6.79. The molecule has 1 aromatic rings. The lowest BCUT2D eigenvalue weighted by molar-refractivity contribution is 0.0905. The molecule has 1 aliphatic rings. The predicted molar refractivity (Wildman–Crippen MR) is 69.9 cm³/mol. The number of thiophene rings is 1. The minimum atomic E-state index is 0.348. The van der Waals surface area contributed by atoms with Gasteiger partial charge in [0.1, 0.15) is 0 Å². The molecule has 3 nitrogen and oxygen atoms in total. The minimum Gasteiger partial charge on any atom is -0.304 e. The van der Waals surface area contributed by atoms with Crippen LogP contribution in [-0.4, -0.2) is 43.1 Å². The van der Waals surface area contributed by atoms with E-state index in [4.69, 9.17) is 11.6 Å². The molecule has 0 amide bonds. The molecule has 1 aliphatic heterocycles. The number of hydrogen-bond donors (Lipinski definition) is 1. The number of nitrogens with one attached hydrogen (secondary N) is 1. The molecule has 0 aliphatic carbocycles. The molecule has 1 saturated heterocycles. The summed E-state index contributed by atoms with van der Waals surface area (Å²) in [5.41, 5.74) is 3.53. The van der Waals surface area contributed by atoms with Gasteiger partial charge >= 0.3 is 0 Å². The van der Waals surface area contributed by atoms with Crippen molar-refractivity contribution >= 4 is 22.9 Å². The number of hydrazine groups is 1. The van der Waals surface area contributed by atoms with Crippen molar-refractivity contribution < 1.29 is 0 Å². The molecule has 0 spiro atoms. The molecule has 1 fully saturated rings. The summed E-state index contributed by atoms with van der Waals surface area (Å²) in [6.07, 6.45) is 0. The van der Waals surface area contributed by atoms with Crippen molar-refractivity contribution in [3.63, 3.8) is 0 Å². The van der Waals surface area contributed by atoms with Gasteiger partial charge in [0.05, 0.1) is 10.4 Å². The van der Waals surface area contributed by atoms with E-state index in [1.54, 1.807) is 11.3 Å². The van der Waals surface area contributed by atoms with Crippen molar-refractivity contribution in [1.82, 2.24) is 15.3 Å². The van der Waals surface area contributed by atoms with Gasteiger partial charge in [-0.15, -0.1) is 11.3 Å². The van der Waals surface area contributed by atoms with Gasteiger partial charge in [-0.2, -0.15) is 0 Å². The Morgan fingerprint density at radius 1 is 1.31 bits per heavy atom. The smallest absolute Gasteiger partial charge is 0.0931 e. The lowest BCUT2D eigenvalue weighted by atomic mass is 10.3. The van der Waals surface area contributed by atoms with E-state index >= 15 is 0 Å². The Labute approximate surface area is 106 Å². The molecule has 1 unspecified atom stereocenters. The van der Waals surface area contributed by atoms with E-state index in [-0.39, 0.29) is 0 Å². The molecule has 1 atom stereocenters. The Morgan fingerprint density at radius 3 is 2.56 bits per heavy atom. The van der Waals surface area contributed by atoms with Gasteiger partial charge in [-0.05, 0) is 26.1 Å². The highest BCUT2D eigenvalue weighted by Gasteiger charge is 2.16. The average Bonchev–Trinajstić information content (AvgIpc) is 2.68. The fraction of sp³-hybridized carbons (Fsp3) is 0.636. The van der Waals surface area contributed by atoms with Crippen LogP contribution < -0.4 is 5.43 Å². The molecule has 0 bridgehead atoms. The van der Waals surface area contributed by atoms with Crippen LogP contribution in [0.1, 0.15) is 17.8 Å². The summed E-state index contributed by atoms with van der Waals surface area (Å²) in [7, 11) is 2.17. The van der Waals surface area contributed by atoms with Crippen molar-refractivity contribution in [2.75, 3.05) is 33.2 Å². The van der Waals surface area contributed by atoms with Crippen LogP contribution in [0.3, 0.4) is 0 Å². The standard InChI is InChI=1S/C11H18ClN3S/c1-9(10-3-4-11(12)16-10)13-15-7-5-14(2)6-8-15/h3-4,9,13H,5-8H2,1-2H3. The van der Waals surface area contributed by atoms with Crippen molar-refractivity contribution in [2.45, 2.75) is 13.0 Å². The molecular formula is C11H18ClN3S. The number of rotatable bonds is 3. The van der Waals surface area contributed by atoms with Crippen molar-refractivity contribution in [1.29, 1.82) is 0 Å². The third-order valence-corrected chi connectivity index (χ3v) is 4.31. The number of piperazine rings is 1. The SMILES string of the molecule is CC(NN1CCN(C)CC1)c1ccc(Cl)s1. The third-order valence-electron chi connectivity index (χ3n) is 2.90. The first-order chi connectivity index (χ1) is 7.65. The van der Waals surface area contributed by atoms with Crippen LogP contribution in [0.2, 0.25) is 4.34 Å². The van der Waals surface area contributed by atoms with Gasteiger partial charge in [-0.25, -0.2) is 10.4 Å². The average molecular weight is 260 g/mol. The monoisotopic (exact) mass is 259 g/mol. The van der Waals surface area contributed by atoms with Gasteiger partial charge in [0, 0.05) is 31.1 Å². The zero-order valence-corrected chi connectivity index (χ0v) is 11.3. The number of nitrogens with zero attached hydrogens (tertiary/aromatic N) is 2. The Hall–Kier alpha value is -0.130. The molecule has 0 saturated carbocycles. The molecule has 1 N–H and O–H groups in total. The number of halogens is 1. The van der Waals surface area contributed by atoms with E-state index in [9.17, 15) is 0 Å². The van der Waals surface area contributed by atoms with Crippen LogP contribution in [0.25, 0.3) is 0 Å². The molecular weight excluding hydrogens is 242 g/mol. The Morgan fingerprint density at radius 2 is 2.00 bits per heavy atom. The highest BCUT2D eigenvalue weighted by molar-refractivity contribution is 7.16. The van der Waals surface area contributed by atoms with Gasteiger partial charge in [-0.3, -0.25) is 0 Å². The third kappa shape index (κ3) is 3.18. The van der Waals surface area contributed by atoms with E-state index in [0.717, 1.165) is 30.5 Å². The summed E-state index contributed by atoms with van der Waals surface area (Å²) in [5, 5.41) is 2.30. The van der Waals surface area contributed by atoms with Crippen molar-refractivity contribution in [3.8, 4) is 0 Å². The van der Waals surface area contributed by atoms with Crippen LogP contribution in [0, 0.1) is 0 Å². The molecule has 2 rings (SSSR count). The fourth-order valence-corrected chi connectivity index (χ4v) is 2.89. The first kappa shape index (κ1) is 12.3. The van der Waals surface area contributed by atoms with Crippen molar-refractivity contribution in [3.05, 3.63) is 21.3 Å². The minimum absolute atomic E-state index is 0.348. The van der Waals surface area contributed by atoms with E-state index in [1.807, 2.05) is 6.07 Å². The van der Waals surface area contributed by atoms with Crippen LogP contribution in [0.4, 0.5) is 0 Å². The van der Waals surface area contributed by atoms with E-state index in [2.05, 4.69) is 35.4 Å². The number of hydrogen-bond acceptors (Lipinski definition) is 4. The zero-order valence-electron chi connectivity index (χ0n) is 9.74. The maximum atomic E-state index is 5.94. The molecule has 90 valence electrons. The van der Waals surface area contributed by atoms with E-state index in [1.165, 1.54) is 4.88 Å². The zero-order chi connectivity index (χ0) is 11.5. The molecule has 1 aromatic heterocycles. The quantitative estimate of drug-likeness (QED) is 0.898. The van der Waals surface area contributed by atoms with Crippen LogP contribution in [0.15, 0.2) is 12.1 Å². The van der Waals surface area contributed by atoms with Crippen LogP contribution in [0.5, 0.6) is 0 Å². The molecule has 16 heavy (non-hydrogen) atoms. The van der Waals surface area contributed by atoms with Gasteiger partial charge in [0.2, 0.25) is 0 Å². The lowest BCUT2D eigenvalue weighted by Gasteiger charge is -2.34. The summed E-state index contributed by atoms with van der Waals surface area (Å²) in [6, 6.07) is 4.41. The van der Waals surface area contributed by atoms with Gasteiger partial charge in [0.15, 0.2) is 0 Å². The highest BCUT2D eigenvalue weighted by atomic mass is 35.5. The lowest BCUT2D eigenvalue weighted by Crippen LogP contribution is -2.51. The molecule has 0 radical (unpaired) electrons. The summed E-state index contributed by atoms with van der Waals surface area (Å²) in [4.78, 5) is 3.65. The van der Waals surface area contributed by atoms with Gasteiger partial charge in [-0.1, -0.05) is 11.6 Å².